The normalized spacial score (nSPS) is 10.7. The van der Waals surface area contributed by atoms with E-state index in [0.29, 0.717) is 21.4 Å². The van der Waals surface area contributed by atoms with E-state index in [1.807, 2.05) is 16.8 Å². The molecular formula is C14H10Cl2N4O2S. The number of aromatic nitrogens is 4. The molecule has 0 amide bonds. The highest BCUT2D eigenvalue weighted by Crippen LogP contribution is 2.24. The molecule has 0 unspecified atom stereocenters. The molecule has 0 N–H and O–H groups in total. The Labute approximate surface area is 145 Å². The fraction of sp³-hybridized carbons (Fsp3) is 0.143. The summed E-state index contributed by atoms with van der Waals surface area (Å²) in [6, 6.07) is 6.97. The van der Waals surface area contributed by atoms with Crippen LogP contribution in [0.15, 0.2) is 35.0 Å². The van der Waals surface area contributed by atoms with Crippen molar-refractivity contribution in [2.45, 2.75) is 13.2 Å². The van der Waals surface area contributed by atoms with Crippen LogP contribution >= 0.6 is 34.5 Å². The van der Waals surface area contributed by atoms with Gasteiger partial charge in [0.15, 0.2) is 6.54 Å². The van der Waals surface area contributed by atoms with Gasteiger partial charge in [-0.3, -0.25) is 0 Å². The molecule has 0 radical (unpaired) electrons. The van der Waals surface area contributed by atoms with E-state index in [2.05, 4.69) is 15.4 Å². The van der Waals surface area contributed by atoms with Crippen LogP contribution in [0, 0.1) is 0 Å². The molecule has 0 fully saturated rings. The summed E-state index contributed by atoms with van der Waals surface area (Å²) < 4.78 is 5.16. The molecule has 0 aliphatic carbocycles. The summed E-state index contributed by atoms with van der Waals surface area (Å²) in [5.74, 6) is -0.0385. The molecule has 1 aromatic carbocycles. The summed E-state index contributed by atoms with van der Waals surface area (Å²) >= 11 is 13.6. The molecular weight excluding hydrogens is 359 g/mol. The van der Waals surface area contributed by atoms with Gasteiger partial charge in [0.05, 0.1) is 0 Å². The number of hydrogen-bond donors (Lipinski definition) is 0. The van der Waals surface area contributed by atoms with E-state index >= 15 is 0 Å². The van der Waals surface area contributed by atoms with Crippen LogP contribution < -0.4 is 0 Å². The van der Waals surface area contributed by atoms with Gasteiger partial charge in [-0.1, -0.05) is 29.3 Å². The molecule has 3 rings (SSSR count). The standard InChI is InChI=1S/C14H10Cl2N4O2S/c15-11-2-1-3-12(16)10(11)7-22-13(21)6-20-18-14(17-19-20)9-4-5-23-8-9/h1-5,8H,6-7H2. The first-order valence-electron chi connectivity index (χ1n) is 6.52. The molecule has 0 saturated heterocycles. The van der Waals surface area contributed by atoms with E-state index in [0.717, 1.165) is 5.56 Å². The van der Waals surface area contributed by atoms with Gasteiger partial charge in [0.2, 0.25) is 5.82 Å². The Kier molecular flexibility index (Phi) is 4.90. The second-order valence-corrected chi connectivity index (χ2v) is 6.11. The van der Waals surface area contributed by atoms with E-state index in [-0.39, 0.29) is 13.2 Å². The quantitative estimate of drug-likeness (QED) is 0.645. The first-order chi connectivity index (χ1) is 11.1. The van der Waals surface area contributed by atoms with Gasteiger partial charge in [-0.25, -0.2) is 4.79 Å². The monoisotopic (exact) mass is 368 g/mol. The first kappa shape index (κ1) is 15.9. The Hall–Kier alpha value is -1.96. The molecule has 0 atom stereocenters. The highest BCUT2D eigenvalue weighted by Gasteiger charge is 2.12. The van der Waals surface area contributed by atoms with E-state index < -0.39 is 5.97 Å². The molecule has 0 bridgehead atoms. The fourth-order valence-electron chi connectivity index (χ4n) is 1.80. The topological polar surface area (TPSA) is 69.9 Å². The summed E-state index contributed by atoms with van der Waals surface area (Å²) in [5.41, 5.74) is 1.42. The van der Waals surface area contributed by atoms with Gasteiger partial charge in [-0.15, -0.1) is 10.2 Å². The SMILES string of the molecule is O=C(Cn1nnc(-c2ccsc2)n1)OCc1c(Cl)cccc1Cl. The van der Waals surface area contributed by atoms with Crippen LogP contribution in [-0.2, 0) is 22.7 Å². The van der Waals surface area contributed by atoms with Crippen molar-refractivity contribution in [2.75, 3.05) is 0 Å². The molecule has 0 aliphatic heterocycles. The number of halogens is 2. The van der Waals surface area contributed by atoms with Crippen molar-refractivity contribution in [3.8, 4) is 11.4 Å². The summed E-state index contributed by atoms with van der Waals surface area (Å²) in [7, 11) is 0. The lowest BCUT2D eigenvalue weighted by Crippen LogP contribution is -2.16. The van der Waals surface area contributed by atoms with Crippen LogP contribution in [0.4, 0.5) is 0 Å². The zero-order valence-corrected chi connectivity index (χ0v) is 14.0. The molecule has 0 saturated carbocycles. The van der Waals surface area contributed by atoms with Gasteiger partial charge in [0, 0.05) is 26.6 Å². The third-order valence-electron chi connectivity index (χ3n) is 2.94. The Bertz CT molecular complexity index is 800. The Balaban J connectivity index is 1.60. The van der Waals surface area contributed by atoms with Crippen LogP contribution in [-0.4, -0.2) is 26.2 Å². The summed E-state index contributed by atoms with van der Waals surface area (Å²) in [4.78, 5) is 13.1. The minimum absolute atomic E-state index is 0.0105. The van der Waals surface area contributed by atoms with Crippen molar-refractivity contribution >= 4 is 40.5 Å². The number of benzene rings is 1. The van der Waals surface area contributed by atoms with Crippen molar-refractivity contribution in [2.24, 2.45) is 0 Å². The Morgan fingerprint density at radius 1 is 1.26 bits per heavy atom. The zero-order chi connectivity index (χ0) is 16.2. The van der Waals surface area contributed by atoms with Crippen LogP contribution in [0.1, 0.15) is 5.56 Å². The minimum Gasteiger partial charge on any atom is -0.459 e. The number of hydrogen-bond acceptors (Lipinski definition) is 6. The third kappa shape index (κ3) is 3.87. The maximum absolute atomic E-state index is 11.9. The second-order valence-electron chi connectivity index (χ2n) is 4.52. The molecule has 23 heavy (non-hydrogen) atoms. The maximum atomic E-state index is 11.9. The lowest BCUT2D eigenvalue weighted by atomic mass is 10.2. The van der Waals surface area contributed by atoms with Gasteiger partial charge in [-0.2, -0.15) is 16.1 Å². The maximum Gasteiger partial charge on any atom is 0.330 e. The van der Waals surface area contributed by atoms with E-state index in [1.54, 1.807) is 18.2 Å². The molecule has 2 aromatic heterocycles. The Morgan fingerprint density at radius 2 is 2.04 bits per heavy atom. The number of ether oxygens (including phenoxy) is 1. The molecule has 0 spiro atoms. The van der Waals surface area contributed by atoms with Crippen LogP contribution in [0.2, 0.25) is 10.0 Å². The van der Waals surface area contributed by atoms with Crippen molar-refractivity contribution in [3.05, 3.63) is 50.6 Å². The van der Waals surface area contributed by atoms with Crippen molar-refractivity contribution < 1.29 is 9.53 Å². The number of tetrazole rings is 1. The van der Waals surface area contributed by atoms with Gasteiger partial charge in [0.25, 0.3) is 0 Å². The number of esters is 1. The summed E-state index contributed by atoms with van der Waals surface area (Å²) in [5, 5.41) is 16.6. The average Bonchev–Trinajstić information content (AvgIpc) is 3.17. The molecule has 2 heterocycles. The van der Waals surface area contributed by atoms with Gasteiger partial charge >= 0.3 is 5.97 Å². The van der Waals surface area contributed by atoms with E-state index in [4.69, 9.17) is 27.9 Å². The highest BCUT2D eigenvalue weighted by atomic mass is 35.5. The molecule has 6 nitrogen and oxygen atoms in total. The number of rotatable bonds is 5. The number of carbonyl (C=O) groups is 1. The highest BCUT2D eigenvalue weighted by molar-refractivity contribution is 7.08. The molecule has 0 aliphatic rings. The lowest BCUT2D eigenvalue weighted by Gasteiger charge is -2.07. The van der Waals surface area contributed by atoms with E-state index in [1.165, 1.54) is 16.1 Å². The fourth-order valence-corrected chi connectivity index (χ4v) is 2.94. The zero-order valence-electron chi connectivity index (χ0n) is 11.6. The Morgan fingerprint density at radius 3 is 2.74 bits per heavy atom. The van der Waals surface area contributed by atoms with Crippen molar-refractivity contribution in [1.82, 2.24) is 20.2 Å². The number of carbonyl (C=O) groups excluding carboxylic acids is 1. The van der Waals surface area contributed by atoms with Crippen LogP contribution in [0.25, 0.3) is 11.4 Å². The molecule has 9 heteroatoms. The van der Waals surface area contributed by atoms with Crippen LogP contribution in [0.3, 0.4) is 0 Å². The first-order valence-corrected chi connectivity index (χ1v) is 8.22. The largest absolute Gasteiger partial charge is 0.459 e. The van der Waals surface area contributed by atoms with Gasteiger partial charge < -0.3 is 4.74 Å². The van der Waals surface area contributed by atoms with Gasteiger partial charge in [0.1, 0.15) is 6.61 Å². The molecule has 3 aromatic rings. The molecule has 118 valence electrons. The lowest BCUT2D eigenvalue weighted by molar-refractivity contribution is -0.146. The summed E-state index contributed by atoms with van der Waals surface area (Å²) in [6.45, 7) is -0.150. The number of thiophene rings is 1. The predicted octanol–water partition coefficient (Wildman–Crippen LogP) is 3.45. The third-order valence-corrected chi connectivity index (χ3v) is 4.33. The number of nitrogens with zero attached hydrogens (tertiary/aromatic N) is 4. The second kappa shape index (κ2) is 7.08. The van der Waals surface area contributed by atoms with Crippen molar-refractivity contribution in [3.63, 3.8) is 0 Å². The summed E-state index contributed by atoms with van der Waals surface area (Å²) in [6.07, 6.45) is 0. The minimum atomic E-state index is -0.504. The average molecular weight is 369 g/mol. The van der Waals surface area contributed by atoms with Gasteiger partial charge in [-0.05, 0) is 28.8 Å². The van der Waals surface area contributed by atoms with E-state index in [9.17, 15) is 4.79 Å². The predicted molar refractivity (Wildman–Crippen MR) is 87.4 cm³/mol. The van der Waals surface area contributed by atoms with Crippen molar-refractivity contribution in [1.29, 1.82) is 0 Å². The smallest absolute Gasteiger partial charge is 0.330 e. The van der Waals surface area contributed by atoms with Crippen LogP contribution in [0.5, 0.6) is 0 Å².